The topological polar surface area (TPSA) is 47.0 Å². The molecule has 0 spiro atoms. The molecule has 0 unspecified atom stereocenters. The number of aryl methyl sites for hydroxylation is 1. The molecule has 0 bridgehead atoms. The van der Waals surface area contributed by atoms with Crippen molar-refractivity contribution in [1.82, 2.24) is 4.98 Å². The van der Waals surface area contributed by atoms with Crippen LogP contribution >= 0.6 is 15.9 Å². The largest absolute Gasteiger partial charge is 0.256 e. The molecule has 3 rings (SSSR count). The van der Waals surface area contributed by atoms with Crippen molar-refractivity contribution < 1.29 is 8.42 Å². The Morgan fingerprint density at radius 2 is 1.61 bits per heavy atom. The third-order valence-corrected chi connectivity index (χ3v) is 5.98. The van der Waals surface area contributed by atoms with Crippen LogP contribution in [-0.2, 0) is 9.84 Å². The van der Waals surface area contributed by atoms with Gasteiger partial charge >= 0.3 is 0 Å². The van der Waals surface area contributed by atoms with Gasteiger partial charge in [-0.2, -0.15) is 0 Å². The van der Waals surface area contributed by atoms with E-state index >= 15 is 0 Å². The number of pyridine rings is 1. The molecule has 0 atom stereocenters. The lowest BCUT2D eigenvalue weighted by Gasteiger charge is -2.09. The van der Waals surface area contributed by atoms with E-state index in [4.69, 9.17) is 0 Å². The first kappa shape index (κ1) is 15.9. The first-order valence-electron chi connectivity index (χ1n) is 7.01. The molecule has 5 heteroatoms. The predicted octanol–water partition coefficient (Wildman–Crippen LogP) is 4.65. The van der Waals surface area contributed by atoms with Gasteiger partial charge in [0.15, 0.2) is 0 Å². The first-order valence-corrected chi connectivity index (χ1v) is 9.29. The number of benzene rings is 2. The van der Waals surface area contributed by atoms with Gasteiger partial charge in [-0.1, -0.05) is 39.7 Å². The summed E-state index contributed by atoms with van der Waals surface area (Å²) in [6.45, 7) is 1.93. The number of rotatable bonds is 3. The molecule has 3 aromatic rings. The summed E-state index contributed by atoms with van der Waals surface area (Å²) in [5, 5.41) is 0. The molecular formula is C18H14BrNO2S. The van der Waals surface area contributed by atoms with E-state index in [-0.39, 0.29) is 9.79 Å². The second kappa shape index (κ2) is 6.26. The van der Waals surface area contributed by atoms with Crippen molar-refractivity contribution in [3.63, 3.8) is 0 Å². The number of hydrogen-bond donors (Lipinski definition) is 0. The average molecular weight is 388 g/mol. The van der Waals surface area contributed by atoms with Crippen LogP contribution in [-0.4, -0.2) is 13.4 Å². The van der Waals surface area contributed by atoms with Crippen LogP contribution in [0.4, 0.5) is 0 Å². The fourth-order valence-electron chi connectivity index (χ4n) is 2.24. The van der Waals surface area contributed by atoms with E-state index in [2.05, 4.69) is 20.9 Å². The number of sulfone groups is 1. The minimum Gasteiger partial charge on any atom is -0.256 e. The van der Waals surface area contributed by atoms with Crippen LogP contribution in [0.5, 0.6) is 0 Å². The van der Waals surface area contributed by atoms with E-state index in [0.717, 1.165) is 21.3 Å². The lowest BCUT2D eigenvalue weighted by atomic mass is 10.1. The summed E-state index contributed by atoms with van der Waals surface area (Å²) in [6, 6.07) is 17.4. The van der Waals surface area contributed by atoms with Gasteiger partial charge in [0.25, 0.3) is 0 Å². The molecular weight excluding hydrogens is 374 g/mol. The van der Waals surface area contributed by atoms with Crippen molar-refractivity contribution in [1.29, 1.82) is 0 Å². The fraction of sp³-hybridized carbons (Fsp3) is 0.0556. The molecule has 0 saturated carbocycles. The zero-order chi connectivity index (χ0) is 16.4. The van der Waals surface area contributed by atoms with Gasteiger partial charge in [-0.15, -0.1) is 0 Å². The fourth-order valence-corrected chi connectivity index (χ4v) is 3.98. The summed E-state index contributed by atoms with van der Waals surface area (Å²) in [5.41, 5.74) is 2.49. The molecule has 0 radical (unpaired) electrons. The monoisotopic (exact) mass is 387 g/mol. The SMILES string of the molecule is Cc1ccc(S(=O)(=O)c2ccc(Br)c(-c3ccccn3)c2)cc1. The van der Waals surface area contributed by atoms with Gasteiger partial charge in [-0.3, -0.25) is 4.98 Å². The third kappa shape index (κ3) is 3.21. The van der Waals surface area contributed by atoms with E-state index < -0.39 is 9.84 Å². The molecule has 0 aliphatic carbocycles. The van der Waals surface area contributed by atoms with Crippen molar-refractivity contribution in [3.8, 4) is 11.3 Å². The van der Waals surface area contributed by atoms with Gasteiger partial charge in [-0.25, -0.2) is 8.42 Å². The van der Waals surface area contributed by atoms with E-state index in [1.165, 1.54) is 0 Å². The van der Waals surface area contributed by atoms with Crippen LogP contribution in [0.15, 0.2) is 81.1 Å². The smallest absolute Gasteiger partial charge is 0.206 e. The number of nitrogens with zero attached hydrogens (tertiary/aromatic N) is 1. The maximum atomic E-state index is 12.8. The maximum Gasteiger partial charge on any atom is 0.206 e. The van der Waals surface area contributed by atoms with Gasteiger partial charge in [0.05, 0.1) is 15.5 Å². The van der Waals surface area contributed by atoms with E-state index in [1.54, 1.807) is 48.7 Å². The van der Waals surface area contributed by atoms with Crippen LogP contribution in [0, 0.1) is 6.92 Å². The summed E-state index contributed by atoms with van der Waals surface area (Å²) in [6.07, 6.45) is 1.68. The number of halogens is 1. The van der Waals surface area contributed by atoms with Crippen molar-refractivity contribution in [2.45, 2.75) is 16.7 Å². The minimum absolute atomic E-state index is 0.255. The summed E-state index contributed by atoms with van der Waals surface area (Å²) in [7, 11) is -3.55. The Morgan fingerprint density at radius 3 is 2.26 bits per heavy atom. The summed E-state index contributed by atoms with van der Waals surface area (Å²) < 4.78 is 26.4. The molecule has 1 heterocycles. The van der Waals surface area contributed by atoms with Gasteiger partial charge in [0, 0.05) is 16.2 Å². The highest BCUT2D eigenvalue weighted by molar-refractivity contribution is 9.10. The van der Waals surface area contributed by atoms with Crippen molar-refractivity contribution in [2.24, 2.45) is 0 Å². The highest BCUT2D eigenvalue weighted by Gasteiger charge is 2.19. The Balaban J connectivity index is 2.12. The highest BCUT2D eigenvalue weighted by atomic mass is 79.9. The standard InChI is InChI=1S/C18H14BrNO2S/c1-13-5-7-14(8-6-13)23(21,22)15-9-10-17(19)16(12-15)18-4-2-3-11-20-18/h2-12H,1H3. The van der Waals surface area contributed by atoms with Crippen LogP contribution in [0.2, 0.25) is 0 Å². The Labute approximate surface area is 144 Å². The zero-order valence-corrected chi connectivity index (χ0v) is 14.8. The van der Waals surface area contributed by atoms with Crippen LogP contribution in [0.3, 0.4) is 0 Å². The molecule has 2 aromatic carbocycles. The molecule has 0 N–H and O–H groups in total. The molecule has 0 aliphatic heterocycles. The predicted molar refractivity (Wildman–Crippen MR) is 94.0 cm³/mol. The Morgan fingerprint density at radius 1 is 0.913 bits per heavy atom. The van der Waals surface area contributed by atoms with E-state index in [0.29, 0.717) is 0 Å². The maximum absolute atomic E-state index is 12.8. The first-order chi connectivity index (χ1) is 11.0. The van der Waals surface area contributed by atoms with Crippen molar-refractivity contribution in [3.05, 3.63) is 76.9 Å². The van der Waals surface area contributed by atoms with E-state index in [9.17, 15) is 8.42 Å². The average Bonchev–Trinajstić information content (AvgIpc) is 2.56. The second-order valence-corrected chi connectivity index (χ2v) is 7.98. The Bertz CT molecular complexity index is 937. The molecule has 23 heavy (non-hydrogen) atoms. The number of aromatic nitrogens is 1. The van der Waals surface area contributed by atoms with Gasteiger partial charge < -0.3 is 0 Å². The quantitative estimate of drug-likeness (QED) is 0.656. The Hall–Kier alpha value is -1.98. The Kier molecular flexibility index (Phi) is 4.33. The van der Waals surface area contributed by atoms with Gasteiger partial charge in [0.1, 0.15) is 0 Å². The van der Waals surface area contributed by atoms with Crippen LogP contribution < -0.4 is 0 Å². The lowest BCUT2D eigenvalue weighted by Crippen LogP contribution is -2.02. The molecule has 0 saturated heterocycles. The molecule has 3 nitrogen and oxygen atoms in total. The number of hydrogen-bond acceptors (Lipinski definition) is 3. The van der Waals surface area contributed by atoms with Gasteiger partial charge in [-0.05, 0) is 49.4 Å². The van der Waals surface area contributed by atoms with Crippen molar-refractivity contribution >= 4 is 25.8 Å². The summed E-state index contributed by atoms with van der Waals surface area (Å²) >= 11 is 3.46. The molecule has 0 amide bonds. The second-order valence-electron chi connectivity index (χ2n) is 5.17. The van der Waals surface area contributed by atoms with E-state index in [1.807, 2.05) is 25.1 Å². The lowest BCUT2D eigenvalue weighted by molar-refractivity contribution is 0.596. The molecule has 1 aromatic heterocycles. The van der Waals surface area contributed by atoms with Crippen molar-refractivity contribution in [2.75, 3.05) is 0 Å². The molecule has 0 aliphatic rings. The zero-order valence-electron chi connectivity index (χ0n) is 12.4. The molecule has 116 valence electrons. The van der Waals surface area contributed by atoms with Gasteiger partial charge in [0.2, 0.25) is 9.84 Å². The molecule has 0 fully saturated rings. The van der Waals surface area contributed by atoms with Crippen LogP contribution in [0.1, 0.15) is 5.56 Å². The summed E-state index contributed by atoms with van der Waals surface area (Å²) in [5.74, 6) is 0. The highest BCUT2D eigenvalue weighted by Crippen LogP contribution is 2.31. The third-order valence-electron chi connectivity index (χ3n) is 3.52. The summed E-state index contributed by atoms with van der Waals surface area (Å²) in [4.78, 5) is 4.84. The minimum atomic E-state index is -3.55. The van der Waals surface area contributed by atoms with Crippen LogP contribution in [0.25, 0.3) is 11.3 Å². The normalized spacial score (nSPS) is 11.4.